The van der Waals surface area contributed by atoms with Crippen LogP contribution < -0.4 is 10.6 Å². The van der Waals surface area contributed by atoms with Gasteiger partial charge in [0, 0.05) is 17.8 Å². The van der Waals surface area contributed by atoms with Gasteiger partial charge in [-0.15, -0.1) is 0 Å². The highest BCUT2D eigenvalue weighted by molar-refractivity contribution is 7.99. The second-order valence-electron chi connectivity index (χ2n) is 5.42. The SMILES string of the molecule is CSC(C)CCNC(=O)NC1CCCCCC1C(=O)O. The molecule has 20 heavy (non-hydrogen) atoms. The average Bonchev–Trinajstić information content (AvgIpc) is 2.63. The van der Waals surface area contributed by atoms with Gasteiger partial charge in [0.05, 0.1) is 5.92 Å². The molecule has 5 nitrogen and oxygen atoms in total. The molecule has 0 radical (unpaired) electrons. The zero-order valence-electron chi connectivity index (χ0n) is 12.4. The van der Waals surface area contributed by atoms with Crippen LogP contribution in [0.4, 0.5) is 4.79 Å². The number of carbonyl (C=O) groups excluding carboxylic acids is 1. The minimum absolute atomic E-state index is 0.239. The third kappa shape index (κ3) is 6.03. The lowest BCUT2D eigenvalue weighted by atomic mass is 9.95. The van der Waals surface area contributed by atoms with E-state index >= 15 is 0 Å². The van der Waals surface area contributed by atoms with E-state index in [1.807, 2.05) is 6.26 Å². The van der Waals surface area contributed by atoms with Gasteiger partial charge in [0.25, 0.3) is 0 Å². The highest BCUT2D eigenvalue weighted by Gasteiger charge is 2.30. The maximum atomic E-state index is 11.8. The molecule has 1 rings (SSSR count). The molecule has 3 atom stereocenters. The number of hydrogen-bond donors (Lipinski definition) is 3. The number of rotatable bonds is 6. The van der Waals surface area contributed by atoms with Crippen LogP contribution in [0.25, 0.3) is 0 Å². The molecule has 0 aromatic carbocycles. The van der Waals surface area contributed by atoms with Gasteiger partial charge in [-0.1, -0.05) is 26.2 Å². The maximum absolute atomic E-state index is 11.8. The van der Waals surface area contributed by atoms with Crippen molar-refractivity contribution < 1.29 is 14.7 Å². The van der Waals surface area contributed by atoms with Crippen LogP contribution in [0.1, 0.15) is 45.4 Å². The molecule has 0 heterocycles. The minimum Gasteiger partial charge on any atom is -0.481 e. The van der Waals surface area contributed by atoms with E-state index in [1.165, 1.54) is 0 Å². The molecular weight excluding hydrogens is 276 g/mol. The highest BCUT2D eigenvalue weighted by Crippen LogP contribution is 2.23. The number of nitrogens with one attached hydrogen (secondary N) is 2. The Morgan fingerprint density at radius 3 is 2.65 bits per heavy atom. The number of thioether (sulfide) groups is 1. The van der Waals surface area contributed by atoms with Crippen LogP contribution in [-0.4, -0.2) is 41.2 Å². The molecule has 1 saturated carbocycles. The van der Waals surface area contributed by atoms with Crippen molar-refractivity contribution >= 4 is 23.8 Å². The summed E-state index contributed by atoms with van der Waals surface area (Å²) in [7, 11) is 0. The fraction of sp³-hybridized carbons (Fsp3) is 0.857. The van der Waals surface area contributed by atoms with Crippen molar-refractivity contribution in [3.05, 3.63) is 0 Å². The smallest absolute Gasteiger partial charge is 0.315 e. The first-order valence-corrected chi connectivity index (χ1v) is 8.63. The molecule has 0 aromatic heterocycles. The Hall–Kier alpha value is -0.910. The molecule has 116 valence electrons. The van der Waals surface area contributed by atoms with E-state index in [2.05, 4.69) is 17.6 Å². The summed E-state index contributed by atoms with van der Waals surface area (Å²) in [4.78, 5) is 23.1. The van der Waals surface area contributed by atoms with Gasteiger partial charge in [0.15, 0.2) is 0 Å². The molecule has 0 bridgehead atoms. The van der Waals surface area contributed by atoms with E-state index in [1.54, 1.807) is 11.8 Å². The second kappa shape index (κ2) is 9.10. The number of hydrogen-bond acceptors (Lipinski definition) is 3. The van der Waals surface area contributed by atoms with Crippen LogP contribution in [0, 0.1) is 5.92 Å². The number of carboxylic acids is 1. The summed E-state index contributed by atoms with van der Waals surface area (Å²) in [5.41, 5.74) is 0. The second-order valence-corrected chi connectivity index (χ2v) is 6.70. The maximum Gasteiger partial charge on any atom is 0.315 e. The van der Waals surface area contributed by atoms with E-state index in [0.29, 0.717) is 18.2 Å². The number of amides is 2. The van der Waals surface area contributed by atoms with Gasteiger partial charge in [-0.2, -0.15) is 11.8 Å². The molecule has 0 aromatic rings. The standard InChI is InChI=1S/C14H26N2O3S/c1-10(20-2)8-9-15-14(19)16-12-7-5-3-4-6-11(12)13(17)18/h10-12H,3-9H2,1-2H3,(H,17,18)(H2,15,16,19). The highest BCUT2D eigenvalue weighted by atomic mass is 32.2. The average molecular weight is 302 g/mol. The van der Waals surface area contributed by atoms with Crippen LogP contribution in [0.15, 0.2) is 0 Å². The lowest BCUT2D eigenvalue weighted by molar-refractivity contribution is -0.142. The fourth-order valence-corrected chi connectivity index (χ4v) is 2.86. The number of urea groups is 1. The van der Waals surface area contributed by atoms with Crippen LogP contribution in [-0.2, 0) is 4.79 Å². The van der Waals surface area contributed by atoms with E-state index in [0.717, 1.165) is 32.1 Å². The van der Waals surface area contributed by atoms with Crippen molar-refractivity contribution in [1.29, 1.82) is 0 Å². The topological polar surface area (TPSA) is 78.4 Å². The van der Waals surface area contributed by atoms with Gasteiger partial charge >= 0.3 is 12.0 Å². The van der Waals surface area contributed by atoms with Gasteiger partial charge in [0.2, 0.25) is 0 Å². The summed E-state index contributed by atoms with van der Waals surface area (Å²) in [6, 6.07) is -0.482. The van der Waals surface area contributed by atoms with Crippen molar-refractivity contribution in [2.45, 2.75) is 56.7 Å². The Bertz CT molecular complexity index is 326. The van der Waals surface area contributed by atoms with Gasteiger partial charge in [-0.3, -0.25) is 4.79 Å². The molecule has 1 fully saturated rings. The minimum atomic E-state index is -0.798. The summed E-state index contributed by atoms with van der Waals surface area (Å²) >= 11 is 1.77. The molecule has 1 aliphatic rings. The van der Waals surface area contributed by atoms with E-state index in [-0.39, 0.29) is 12.1 Å². The number of carboxylic acid groups (broad SMARTS) is 1. The third-order valence-electron chi connectivity index (χ3n) is 3.89. The normalized spacial score (nSPS) is 24.5. The van der Waals surface area contributed by atoms with Crippen LogP contribution >= 0.6 is 11.8 Å². The molecule has 3 unspecified atom stereocenters. The third-order valence-corrected chi connectivity index (χ3v) is 4.93. The Labute approximate surface area is 125 Å². The monoisotopic (exact) mass is 302 g/mol. The van der Waals surface area contributed by atoms with E-state index in [4.69, 9.17) is 0 Å². The zero-order valence-corrected chi connectivity index (χ0v) is 13.2. The summed E-state index contributed by atoms with van der Waals surface area (Å²) < 4.78 is 0. The number of aliphatic carboxylic acids is 1. The van der Waals surface area contributed by atoms with Crippen molar-refractivity contribution in [2.75, 3.05) is 12.8 Å². The van der Waals surface area contributed by atoms with Crippen molar-refractivity contribution in [3.63, 3.8) is 0 Å². The molecule has 0 saturated heterocycles. The Morgan fingerprint density at radius 2 is 2.00 bits per heavy atom. The van der Waals surface area contributed by atoms with E-state index < -0.39 is 11.9 Å². The zero-order chi connectivity index (χ0) is 15.0. The largest absolute Gasteiger partial charge is 0.481 e. The Kier molecular flexibility index (Phi) is 7.80. The van der Waals surface area contributed by atoms with Crippen molar-refractivity contribution in [3.8, 4) is 0 Å². The van der Waals surface area contributed by atoms with Gasteiger partial charge in [-0.25, -0.2) is 4.79 Å². The Morgan fingerprint density at radius 1 is 1.30 bits per heavy atom. The first-order chi connectivity index (χ1) is 9.54. The van der Waals surface area contributed by atoms with E-state index in [9.17, 15) is 14.7 Å². The summed E-state index contributed by atoms with van der Waals surface area (Å²) in [5.74, 6) is -1.25. The molecule has 0 spiro atoms. The number of carbonyl (C=O) groups is 2. The molecule has 3 N–H and O–H groups in total. The predicted octanol–water partition coefficient (Wildman–Crippen LogP) is 2.46. The van der Waals surface area contributed by atoms with Gasteiger partial charge in [0.1, 0.15) is 0 Å². The lowest BCUT2D eigenvalue weighted by Gasteiger charge is -2.23. The first-order valence-electron chi connectivity index (χ1n) is 7.34. The van der Waals surface area contributed by atoms with Gasteiger partial charge < -0.3 is 15.7 Å². The predicted molar refractivity (Wildman–Crippen MR) is 82.1 cm³/mol. The Balaban J connectivity index is 2.39. The molecule has 0 aliphatic heterocycles. The lowest BCUT2D eigenvalue weighted by Crippen LogP contribution is -2.47. The van der Waals surface area contributed by atoms with Crippen molar-refractivity contribution in [2.24, 2.45) is 5.92 Å². The summed E-state index contributed by atoms with van der Waals surface area (Å²) in [6.45, 7) is 2.74. The molecule has 1 aliphatic carbocycles. The molecule has 6 heteroatoms. The summed E-state index contributed by atoms with van der Waals surface area (Å²) in [6.07, 6.45) is 7.35. The quantitative estimate of drug-likeness (QED) is 0.659. The molecule has 2 amide bonds. The fourth-order valence-electron chi connectivity index (χ4n) is 2.50. The molecular formula is C14H26N2O3S. The summed E-state index contributed by atoms with van der Waals surface area (Å²) in [5, 5.41) is 15.4. The van der Waals surface area contributed by atoms with Crippen molar-refractivity contribution in [1.82, 2.24) is 10.6 Å². The van der Waals surface area contributed by atoms with Gasteiger partial charge in [-0.05, 0) is 25.5 Å². The van der Waals surface area contributed by atoms with Crippen LogP contribution in [0.5, 0.6) is 0 Å². The first kappa shape index (κ1) is 17.1. The van der Waals surface area contributed by atoms with Crippen LogP contribution in [0.3, 0.4) is 0 Å². The van der Waals surface area contributed by atoms with Crippen LogP contribution in [0.2, 0.25) is 0 Å².